The Morgan fingerprint density at radius 2 is 1.76 bits per heavy atom. The van der Waals surface area contributed by atoms with Crippen LogP contribution in [0, 0.1) is 0 Å². The summed E-state index contributed by atoms with van der Waals surface area (Å²) in [5.74, 6) is 0.142. The van der Waals surface area contributed by atoms with Crippen LogP contribution in [0.2, 0.25) is 0 Å². The number of carbonyl (C=O) groups is 1. The second-order valence-corrected chi connectivity index (χ2v) is 6.92. The highest BCUT2D eigenvalue weighted by molar-refractivity contribution is 5.89. The molecule has 4 heteroatoms. The summed E-state index contributed by atoms with van der Waals surface area (Å²) in [5, 5.41) is 6.62. The van der Waals surface area contributed by atoms with Crippen molar-refractivity contribution in [3.8, 4) is 0 Å². The van der Waals surface area contributed by atoms with Crippen LogP contribution in [0.5, 0.6) is 0 Å². The molecule has 25 heavy (non-hydrogen) atoms. The van der Waals surface area contributed by atoms with Crippen molar-refractivity contribution in [3.05, 3.63) is 71.3 Å². The highest BCUT2D eigenvalue weighted by Gasteiger charge is 2.49. The Balaban J connectivity index is 1.63. The molecule has 0 radical (unpaired) electrons. The molecule has 4 rings (SSSR count). The van der Waals surface area contributed by atoms with E-state index in [0.29, 0.717) is 6.54 Å². The molecule has 1 heterocycles. The van der Waals surface area contributed by atoms with Gasteiger partial charge in [0.2, 0.25) is 5.91 Å². The monoisotopic (exact) mass is 335 g/mol. The van der Waals surface area contributed by atoms with Gasteiger partial charge in [-0.25, -0.2) is 0 Å². The lowest BCUT2D eigenvalue weighted by Gasteiger charge is -2.43. The van der Waals surface area contributed by atoms with Crippen LogP contribution in [0.4, 0.5) is 0 Å². The molecule has 2 aliphatic rings. The predicted octanol–water partition coefficient (Wildman–Crippen LogP) is 2.05. The molecule has 1 aliphatic heterocycles. The molecule has 1 unspecified atom stereocenters. The Hall–Kier alpha value is -2.17. The van der Waals surface area contributed by atoms with Crippen LogP contribution in [0.1, 0.15) is 23.1 Å². The van der Waals surface area contributed by atoms with Crippen molar-refractivity contribution in [3.63, 3.8) is 0 Å². The minimum absolute atomic E-state index is 0.142. The number of carbonyl (C=O) groups excluding carboxylic acids is 1. The third kappa shape index (κ3) is 2.96. The van der Waals surface area contributed by atoms with Gasteiger partial charge in [0.05, 0.1) is 0 Å². The lowest BCUT2D eigenvalue weighted by Crippen LogP contribution is -2.60. The van der Waals surface area contributed by atoms with Gasteiger partial charge in [-0.2, -0.15) is 0 Å². The van der Waals surface area contributed by atoms with E-state index < -0.39 is 5.54 Å². The first-order chi connectivity index (χ1) is 12.3. The fourth-order valence-corrected chi connectivity index (χ4v) is 4.27. The topological polar surface area (TPSA) is 44.4 Å². The summed E-state index contributed by atoms with van der Waals surface area (Å²) < 4.78 is 0. The number of hydrogen-bond acceptors (Lipinski definition) is 3. The van der Waals surface area contributed by atoms with Gasteiger partial charge in [-0.05, 0) is 29.5 Å². The van der Waals surface area contributed by atoms with E-state index >= 15 is 0 Å². The van der Waals surface area contributed by atoms with E-state index in [4.69, 9.17) is 0 Å². The zero-order valence-electron chi connectivity index (χ0n) is 14.5. The SMILES string of the molecule is O=C(NCc1ccccc1)C1(N2CCNCC2)CCc2ccccc21. The molecule has 2 N–H and O–H groups in total. The predicted molar refractivity (Wildman–Crippen MR) is 99.2 cm³/mol. The number of nitrogens with one attached hydrogen (secondary N) is 2. The summed E-state index contributed by atoms with van der Waals surface area (Å²) in [4.78, 5) is 15.8. The molecule has 1 fully saturated rings. The average molecular weight is 335 g/mol. The van der Waals surface area contributed by atoms with Crippen molar-refractivity contribution >= 4 is 5.91 Å². The van der Waals surface area contributed by atoms with Gasteiger partial charge in [0, 0.05) is 32.7 Å². The molecular weight excluding hydrogens is 310 g/mol. The van der Waals surface area contributed by atoms with E-state index in [0.717, 1.165) is 44.6 Å². The van der Waals surface area contributed by atoms with Crippen LogP contribution < -0.4 is 10.6 Å². The summed E-state index contributed by atoms with van der Waals surface area (Å²) >= 11 is 0. The van der Waals surface area contributed by atoms with Gasteiger partial charge in [-0.3, -0.25) is 9.69 Å². The smallest absolute Gasteiger partial charge is 0.245 e. The summed E-state index contributed by atoms with van der Waals surface area (Å²) in [6, 6.07) is 18.6. The number of amides is 1. The van der Waals surface area contributed by atoms with Gasteiger partial charge in [0.25, 0.3) is 0 Å². The fraction of sp³-hybridized carbons (Fsp3) is 0.381. The lowest BCUT2D eigenvalue weighted by atomic mass is 9.87. The van der Waals surface area contributed by atoms with Gasteiger partial charge in [0.15, 0.2) is 0 Å². The lowest BCUT2D eigenvalue weighted by molar-refractivity contribution is -0.135. The molecule has 4 nitrogen and oxygen atoms in total. The van der Waals surface area contributed by atoms with Crippen molar-refractivity contribution in [1.29, 1.82) is 0 Å². The molecular formula is C21H25N3O. The van der Waals surface area contributed by atoms with Crippen LogP contribution >= 0.6 is 0 Å². The number of fused-ring (bicyclic) bond motifs is 1. The van der Waals surface area contributed by atoms with Crippen LogP contribution in [-0.4, -0.2) is 37.0 Å². The first kappa shape index (κ1) is 16.3. The molecule has 1 atom stereocenters. The Morgan fingerprint density at radius 1 is 1.04 bits per heavy atom. The second kappa shape index (κ2) is 6.98. The first-order valence-corrected chi connectivity index (χ1v) is 9.17. The Morgan fingerprint density at radius 3 is 2.56 bits per heavy atom. The van der Waals surface area contributed by atoms with E-state index in [9.17, 15) is 4.79 Å². The first-order valence-electron chi connectivity index (χ1n) is 9.17. The van der Waals surface area contributed by atoms with E-state index in [2.05, 4.69) is 51.9 Å². The maximum atomic E-state index is 13.4. The van der Waals surface area contributed by atoms with Crippen molar-refractivity contribution in [1.82, 2.24) is 15.5 Å². The maximum Gasteiger partial charge on any atom is 0.245 e. The molecule has 0 bridgehead atoms. The van der Waals surface area contributed by atoms with Crippen molar-refractivity contribution in [2.75, 3.05) is 26.2 Å². The van der Waals surface area contributed by atoms with Crippen LogP contribution in [0.25, 0.3) is 0 Å². The van der Waals surface area contributed by atoms with Gasteiger partial charge < -0.3 is 10.6 Å². The van der Waals surface area contributed by atoms with Gasteiger partial charge >= 0.3 is 0 Å². The van der Waals surface area contributed by atoms with E-state index in [1.165, 1.54) is 11.1 Å². The number of hydrogen-bond donors (Lipinski definition) is 2. The number of rotatable bonds is 4. The standard InChI is InChI=1S/C21H25N3O/c25-20(23-16-17-6-2-1-3-7-17)21(24-14-12-22-13-15-24)11-10-18-8-4-5-9-19(18)21/h1-9,22H,10-16H2,(H,23,25). The molecule has 1 amide bonds. The number of nitrogens with zero attached hydrogens (tertiary/aromatic N) is 1. The Kier molecular flexibility index (Phi) is 4.55. The highest BCUT2D eigenvalue weighted by atomic mass is 16.2. The van der Waals surface area contributed by atoms with E-state index in [1.54, 1.807) is 0 Å². The molecule has 0 saturated carbocycles. The molecule has 2 aromatic carbocycles. The third-order valence-corrected chi connectivity index (χ3v) is 5.55. The number of piperazine rings is 1. The molecule has 1 aliphatic carbocycles. The fourth-order valence-electron chi connectivity index (χ4n) is 4.27. The molecule has 130 valence electrons. The minimum atomic E-state index is -0.520. The van der Waals surface area contributed by atoms with E-state index in [-0.39, 0.29) is 5.91 Å². The number of aryl methyl sites for hydroxylation is 1. The van der Waals surface area contributed by atoms with E-state index in [1.807, 2.05) is 18.2 Å². The average Bonchev–Trinajstić information content (AvgIpc) is 3.08. The summed E-state index contributed by atoms with van der Waals surface area (Å²) in [5.41, 5.74) is 3.13. The van der Waals surface area contributed by atoms with Crippen LogP contribution in [0.15, 0.2) is 54.6 Å². The Labute approximate surface area is 149 Å². The molecule has 2 aromatic rings. The summed E-state index contributed by atoms with van der Waals surface area (Å²) in [7, 11) is 0. The highest BCUT2D eigenvalue weighted by Crippen LogP contribution is 2.42. The van der Waals surface area contributed by atoms with Crippen molar-refractivity contribution < 1.29 is 4.79 Å². The molecule has 1 saturated heterocycles. The van der Waals surface area contributed by atoms with Crippen molar-refractivity contribution in [2.45, 2.75) is 24.9 Å². The zero-order valence-corrected chi connectivity index (χ0v) is 14.5. The summed E-state index contributed by atoms with van der Waals surface area (Å²) in [6.07, 6.45) is 1.84. The van der Waals surface area contributed by atoms with Crippen molar-refractivity contribution in [2.24, 2.45) is 0 Å². The van der Waals surface area contributed by atoms with Gasteiger partial charge in [-0.1, -0.05) is 54.6 Å². The van der Waals surface area contributed by atoms with Gasteiger partial charge in [-0.15, -0.1) is 0 Å². The summed E-state index contributed by atoms with van der Waals surface area (Å²) in [6.45, 7) is 4.28. The Bertz CT molecular complexity index is 740. The maximum absolute atomic E-state index is 13.4. The second-order valence-electron chi connectivity index (χ2n) is 6.92. The largest absolute Gasteiger partial charge is 0.350 e. The minimum Gasteiger partial charge on any atom is -0.350 e. The molecule has 0 spiro atoms. The number of benzene rings is 2. The quantitative estimate of drug-likeness (QED) is 0.899. The molecule has 0 aromatic heterocycles. The van der Waals surface area contributed by atoms with Crippen LogP contribution in [0.3, 0.4) is 0 Å². The zero-order chi connectivity index (χ0) is 17.1. The van der Waals surface area contributed by atoms with Gasteiger partial charge in [0.1, 0.15) is 5.54 Å². The van der Waals surface area contributed by atoms with Crippen LogP contribution in [-0.2, 0) is 23.3 Å². The normalized spacial score (nSPS) is 23.2. The third-order valence-electron chi connectivity index (χ3n) is 5.55.